The van der Waals surface area contributed by atoms with Gasteiger partial charge in [0.05, 0.1) is 29.7 Å². The minimum Gasteiger partial charge on any atom is -0.506 e. The van der Waals surface area contributed by atoms with Gasteiger partial charge in [0, 0.05) is 18.7 Å². The van der Waals surface area contributed by atoms with Crippen molar-refractivity contribution in [3.63, 3.8) is 0 Å². The molecule has 3 rings (SSSR count). The van der Waals surface area contributed by atoms with Crippen molar-refractivity contribution in [2.24, 2.45) is 0 Å². The molecule has 10 heteroatoms. The van der Waals surface area contributed by atoms with Gasteiger partial charge in [0.25, 0.3) is 0 Å². The van der Waals surface area contributed by atoms with Gasteiger partial charge in [-0.2, -0.15) is 0 Å². The summed E-state index contributed by atoms with van der Waals surface area (Å²) in [6.07, 6.45) is 0.0688. The van der Waals surface area contributed by atoms with Crippen LogP contribution in [-0.4, -0.2) is 49.7 Å². The molecule has 3 aromatic carbocycles. The van der Waals surface area contributed by atoms with Crippen molar-refractivity contribution >= 4 is 27.3 Å². The number of anilines is 1. The molecule has 182 valence electrons. The second kappa shape index (κ2) is 11.5. The Morgan fingerprint density at radius 2 is 1.79 bits per heavy atom. The zero-order valence-electron chi connectivity index (χ0n) is 18.5. The summed E-state index contributed by atoms with van der Waals surface area (Å²) >= 11 is 6.41. The van der Waals surface area contributed by atoms with E-state index in [1.54, 1.807) is 6.07 Å². The van der Waals surface area contributed by atoms with Crippen molar-refractivity contribution < 1.29 is 28.5 Å². The fraction of sp³-hybridized carbons (Fsp3) is 0.250. The van der Waals surface area contributed by atoms with E-state index in [-0.39, 0.29) is 24.6 Å². The Hall–Kier alpha value is -2.82. The number of hydrogen-bond donors (Lipinski definition) is 5. The monoisotopic (exact) mass is 506 g/mol. The van der Waals surface area contributed by atoms with Gasteiger partial charge < -0.3 is 25.4 Å². The van der Waals surface area contributed by atoms with Crippen molar-refractivity contribution in [3.05, 3.63) is 76.8 Å². The SMILES string of the molecule is CS(=O)(=O)Nc1cc([C@@H](O)CNCCOc2ccc(-c3ccc(CO)cc3)c(Cl)c2)ccc1O. The number of phenols is 1. The van der Waals surface area contributed by atoms with Crippen LogP contribution in [0.25, 0.3) is 11.1 Å². The number of hydrogen-bond acceptors (Lipinski definition) is 7. The Morgan fingerprint density at radius 1 is 1.06 bits per heavy atom. The van der Waals surface area contributed by atoms with Crippen LogP contribution in [0, 0.1) is 0 Å². The number of rotatable bonds is 11. The first kappa shape index (κ1) is 25.8. The van der Waals surface area contributed by atoms with Gasteiger partial charge in [0.15, 0.2) is 0 Å². The summed E-state index contributed by atoms with van der Waals surface area (Å²) in [6, 6.07) is 17.1. The molecule has 0 heterocycles. The quantitative estimate of drug-likeness (QED) is 0.199. The minimum absolute atomic E-state index is 0.00653. The first-order valence-corrected chi connectivity index (χ1v) is 12.7. The molecule has 5 N–H and O–H groups in total. The maximum Gasteiger partial charge on any atom is 0.229 e. The molecule has 0 saturated carbocycles. The lowest BCUT2D eigenvalue weighted by atomic mass is 10.0. The molecule has 0 radical (unpaired) electrons. The molecular weight excluding hydrogens is 480 g/mol. The summed E-state index contributed by atoms with van der Waals surface area (Å²) in [6.45, 7) is 0.980. The Bertz CT molecular complexity index is 1220. The predicted octanol–water partition coefficient (Wildman–Crippen LogP) is 3.28. The van der Waals surface area contributed by atoms with E-state index in [2.05, 4.69) is 10.0 Å². The van der Waals surface area contributed by atoms with Crippen LogP contribution in [0.1, 0.15) is 17.2 Å². The number of halogens is 1. The van der Waals surface area contributed by atoms with Crippen LogP contribution in [0.2, 0.25) is 5.02 Å². The molecule has 0 aliphatic rings. The molecule has 0 aliphatic heterocycles. The number of phenolic OH excluding ortho intramolecular Hbond substituents is 1. The third-order valence-corrected chi connectivity index (χ3v) is 5.88. The Labute approximate surface area is 203 Å². The van der Waals surface area contributed by atoms with Crippen LogP contribution in [0.15, 0.2) is 60.7 Å². The highest BCUT2D eigenvalue weighted by Gasteiger charge is 2.13. The molecular formula is C24H27ClN2O6S. The molecule has 34 heavy (non-hydrogen) atoms. The van der Waals surface area contributed by atoms with Gasteiger partial charge in [-0.1, -0.05) is 41.9 Å². The van der Waals surface area contributed by atoms with Gasteiger partial charge in [-0.3, -0.25) is 4.72 Å². The standard InChI is InChI=1S/C24H27ClN2O6S/c1-34(31,32)27-22-12-18(6-9-23(22)29)24(30)14-26-10-11-33-19-7-8-20(21(25)13-19)17-4-2-16(15-28)3-5-17/h2-9,12-13,24,26-30H,10-11,14-15H2,1H3/t24-/m0/s1. The van der Waals surface area contributed by atoms with Gasteiger partial charge in [0.2, 0.25) is 10.0 Å². The topological polar surface area (TPSA) is 128 Å². The van der Waals surface area contributed by atoms with Crippen LogP contribution in [-0.2, 0) is 16.6 Å². The number of aromatic hydroxyl groups is 1. The Morgan fingerprint density at radius 3 is 2.44 bits per heavy atom. The smallest absolute Gasteiger partial charge is 0.229 e. The van der Waals surface area contributed by atoms with Gasteiger partial charge in [0.1, 0.15) is 18.1 Å². The number of nitrogens with one attached hydrogen (secondary N) is 2. The fourth-order valence-electron chi connectivity index (χ4n) is 3.25. The summed E-state index contributed by atoms with van der Waals surface area (Å²) in [5, 5.41) is 32.9. The van der Waals surface area contributed by atoms with Crippen molar-refractivity contribution in [3.8, 4) is 22.6 Å². The number of ether oxygens (including phenoxy) is 1. The second-order valence-electron chi connectivity index (χ2n) is 7.72. The zero-order chi connectivity index (χ0) is 24.7. The number of sulfonamides is 1. The molecule has 3 aromatic rings. The lowest BCUT2D eigenvalue weighted by Crippen LogP contribution is -2.26. The summed E-state index contributed by atoms with van der Waals surface area (Å²) in [5.74, 6) is 0.382. The molecule has 0 unspecified atom stereocenters. The highest BCUT2D eigenvalue weighted by atomic mass is 35.5. The number of aliphatic hydroxyl groups is 2. The van der Waals surface area contributed by atoms with E-state index in [0.29, 0.717) is 29.5 Å². The fourth-order valence-corrected chi connectivity index (χ4v) is 4.09. The minimum atomic E-state index is -3.56. The highest BCUT2D eigenvalue weighted by Crippen LogP contribution is 2.31. The molecule has 0 amide bonds. The lowest BCUT2D eigenvalue weighted by molar-refractivity contribution is 0.172. The average molecular weight is 507 g/mol. The van der Waals surface area contributed by atoms with Crippen molar-refractivity contribution in [2.45, 2.75) is 12.7 Å². The van der Waals surface area contributed by atoms with Gasteiger partial charge in [-0.05, 0) is 47.0 Å². The number of aliphatic hydroxyl groups excluding tert-OH is 2. The predicted molar refractivity (Wildman–Crippen MR) is 133 cm³/mol. The summed E-state index contributed by atoms with van der Waals surface area (Å²) < 4.78 is 30.7. The van der Waals surface area contributed by atoms with Crippen molar-refractivity contribution in [2.75, 3.05) is 30.7 Å². The normalized spacial score (nSPS) is 12.4. The molecule has 0 bridgehead atoms. The van der Waals surface area contributed by atoms with E-state index in [9.17, 15) is 18.6 Å². The maximum atomic E-state index is 11.4. The van der Waals surface area contributed by atoms with Crippen LogP contribution in [0.5, 0.6) is 11.5 Å². The van der Waals surface area contributed by atoms with Crippen LogP contribution < -0.4 is 14.8 Å². The highest BCUT2D eigenvalue weighted by molar-refractivity contribution is 7.92. The van der Waals surface area contributed by atoms with Gasteiger partial charge >= 0.3 is 0 Å². The molecule has 1 atom stereocenters. The Balaban J connectivity index is 1.48. The largest absolute Gasteiger partial charge is 0.506 e. The van der Waals surface area contributed by atoms with Crippen molar-refractivity contribution in [1.29, 1.82) is 0 Å². The molecule has 0 spiro atoms. The Kier molecular flexibility index (Phi) is 8.76. The first-order chi connectivity index (χ1) is 16.2. The zero-order valence-corrected chi connectivity index (χ0v) is 20.1. The van der Waals surface area contributed by atoms with E-state index < -0.39 is 16.1 Å². The van der Waals surface area contributed by atoms with Crippen LogP contribution >= 0.6 is 11.6 Å². The van der Waals surface area contributed by atoms with Crippen molar-refractivity contribution in [1.82, 2.24) is 5.32 Å². The van der Waals surface area contributed by atoms with E-state index >= 15 is 0 Å². The molecule has 0 fully saturated rings. The van der Waals surface area contributed by atoms with E-state index in [4.69, 9.17) is 21.4 Å². The van der Waals surface area contributed by atoms with Crippen LogP contribution in [0.3, 0.4) is 0 Å². The molecule has 8 nitrogen and oxygen atoms in total. The average Bonchev–Trinajstić information content (AvgIpc) is 2.79. The molecule has 0 saturated heterocycles. The first-order valence-electron chi connectivity index (χ1n) is 10.5. The maximum absolute atomic E-state index is 11.4. The van der Waals surface area contributed by atoms with E-state index in [1.165, 1.54) is 18.2 Å². The molecule has 0 aromatic heterocycles. The lowest BCUT2D eigenvalue weighted by Gasteiger charge is -2.15. The number of benzene rings is 3. The van der Waals surface area contributed by atoms with Gasteiger partial charge in [-0.15, -0.1) is 0 Å². The second-order valence-corrected chi connectivity index (χ2v) is 9.87. The summed E-state index contributed by atoms with van der Waals surface area (Å²) in [4.78, 5) is 0. The van der Waals surface area contributed by atoms with E-state index in [1.807, 2.05) is 36.4 Å². The third kappa shape index (κ3) is 7.34. The summed E-state index contributed by atoms with van der Waals surface area (Å²) in [7, 11) is -3.56. The van der Waals surface area contributed by atoms with Gasteiger partial charge in [-0.25, -0.2) is 8.42 Å². The summed E-state index contributed by atoms with van der Waals surface area (Å²) in [5.41, 5.74) is 3.08. The van der Waals surface area contributed by atoms with E-state index in [0.717, 1.165) is 22.9 Å². The van der Waals surface area contributed by atoms with Crippen LogP contribution in [0.4, 0.5) is 5.69 Å². The molecule has 0 aliphatic carbocycles. The third-order valence-electron chi connectivity index (χ3n) is 4.97.